The lowest BCUT2D eigenvalue weighted by Crippen LogP contribution is -2.31. The van der Waals surface area contributed by atoms with E-state index in [1.165, 1.54) is 21.7 Å². The van der Waals surface area contributed by atoms with Gasteiger partial charge in [0, 0.05) is 49.7 Å². The normalized spacial score (nSPS) is 14.7. The Morgan fingerprint density at radius 2 is 2.13 bits per heavy atom. The van der Waals surface area contributed by atoms with Crippen LogP contribution in [0.3, 0.4) is 0 Å². The maximum atomic E-state index is 4.60. The number of hydrogen-bond acceptors (Lipinski definition) is 5. The van der Waals surface area contributed by atoms with Gasteiger partial charge in [-0.25, -0.2) is 9.97 Å². The van der Waals surface area contributed by atoms with Crippen molar-refractivity contribution in [1.82, 2.24) is 19.9 Å². The van der Waals surface area contributed by atoms with Crippen molar-refractivity contribution in [3.05, 3.63) is 64.7 Å². The maximum Gasteiger partial charge on any atom is 0.125 e. The molecule has 0 spiro atoms. The first kappa shape index (κ1) is 14.5. The number of rotatable bonds is 3. The molecule has 0 bridgehead atoms. The standard InChI is InChI=1S/C18H18N4S/c1-13-19-10-15-12-22(7-6-16(15)21-13)11-14-4-5-17(20-9-14)18-3-2-8-23-18/h2-5,8-10H,6-7,11-12H2,1H3. The molecule has 3 aromatic rings. The molecule has 0 amide bonds. The van der Waals surface area contributed by atoms with Crippen LogP contribution in [0.4, 0.5) is 0 Å². The third-order valence-corrected chi connectivity index (χ3v) is 5.03. The van der Waals surface area contributed by atoms with Crippen molar-refractivity contribution >= 4 is 11.3 Å². The summed E-state index contributed by atoms with van der Waals surface area (Å²) in [5, 5.41) is 2.08. The number of pyridine rings is 1. The minimum Gasteiger partial charge on any atom is -0.294 e. The minimum atomic E-state index is 0.866. The highest BCUT2D eigenvalue weighted by atomic mass is 32.1. The van der Waals surface area contributed by atoms with Gasteiger partial charge in [-0.2, -0.15) is 0 Å². The van der Waals surface area contributed by atoms with Gasteiger partial charge in [0.25, 0.3) is 0 Å². The van der Waals surface area contributed by atoms with Crippen LogP contribution < -0.4 is 0 Å². The second kappa shape index (κ2) is 6.18. The number of nitrogens with zero attached hydrogens (tertiary/aromatic N) is 4. The van der Waals surface area contributed by atoms with Crippen molar-refractivity contribution in [2.45, 2.75) is 26.4 Å². The first-order valence-electron chi connectivity index (χ1n) is 7.80. The van der Waals surface area contributed by atoms with Crippen LogP contribution in [0.1, 0.15) is 22.6 Å². The van der Waals surface area contributed by atoms with Crippen LogP contribution in [-0.2, 0) is 19.5 Å². The smallest absolute Gasteiger partial charge is 0.125 e. The van der Waals surface area contributed by atoms with Gasteiger partial charge in [-0.3, -0.25) is 9.88 Å². The van der Waals surface area contributed by atoms with Crippen LogP contribution in [0.2, 0.25) is 0 Å². The Morgan fingerprint density at radius 3 is 2.91 bits per heavy atom. The Balaban J connectivity index is 1.45. The van der Waals surface area contributed by atoms with E-state index in [1.54, 1.807) is 11.3 Å². The second-order valence-corrected chi connectivity index (χ2v) is 6.83. The average molecular weight is 322 g/mol. The number of hydrogen-bond donors (Lipinski definition) is 0. The summed E-state index contributed by atoms with van der Waals surface area (Å²) >= 11 is 1.72. The first-order chi connectivity index (χ1) is 11.3. The van der Waals surface area contributed by atoms with Gasteiger partial charge in [-0.05, 0) is 30.0 Å². The molecule has 0 N–H and O–H groups in total. The van der Waals surface area contributed by atoms with Crippen molar-refractivity contribution in [2.24, 2.45) is 0 Å². The summed E-state index contributed by atoms with van der Waals surface area (Å²) in [6.45, 7) is 4.83. The predicted octanol–water partition coefficient (Wildman–Crippen LogP) is 3.47. The molecule has 0 atom stereocenters. The summed E-state index contributed by atoms with van der Waals surface area (Å²) in [4.78, 5) is 17.1. The molecule has 0 saturated carbocycles. The predicted molar refractivity (Wildman–Crippen MR) is 92.1 cm³/mol. The van der Waals surface area contributed by atoms with Gasteiger partial charge in [0.2, 0.25) is 0 Å². The molecule has 5 heteroatoms. The van der Waals surface area contributed by atoms with E-state index in [0.29, 0.717) is 0 Å². The van der Waals surface area contributed by atoms with Crippen LogP contribution in [0.25, 0.3) is 10.6 Å². The lowest BCUT2D eigenvalue weighted by atomic mass is 10.1. The molecule has 0 aromatic carbocycles. The van der Waals surface area contributed by atoms with Crippen LogP contribution in [0.15, 0.2) is 42.0 Å². The highest BCUT2D eigenvalue weighted by molar-refractivity contribution is 7.13. The molecule has 4 heterocycles. The van der Waals surface area contributed by atoms with Crippen molar-refractivity contribution in [3.63, 3.8) is 0 Å². The Morgan fingerprint density at radius 1 is 1.17 bits per heavy atom. The maximum absolute atomic E-state index is 4.60. The third-order valence-electron chi connectivity index (χ3n) is 4.14. The third kappa shape index (κ3) is 3.16. The van der Waals surface area contributed by atoms with Crippen molar-refractivity contribution < 1.29 is 0 Å². The number of aryl methyl sites for hydroxylation is 1. The van der Waals surface area contributed by atoms with E-state index in [0.717, 1.165) is 37.6 Å². The molecule has 0 unspecified atom stereocenters. The highest BCUT2D eigenvalue weighted by Crippen LogP contribution is 2.23. The fourth-order valence-corrected chi connectivity index (χ4v) is 3.66. The lowest BCUT2D eigenvalue weighted by Gasteiger charge is -2.27. The SMILES string of the molecule is Cc1ncc2c(n1)CCN(Cc1ccc(-c3cccs3)nc1)C2. The van der Waals surface area contributed by atoms with E-state index in [-0.39, 0.29) is 0 Å². The number of fused-ring (bicyclic) bond motifs is 1. The molecule has 1 aliphatic heterocycles. The summed E-state index contributed by atoms with van der Waals surface area (Å²) in [6.07, 6.45) is 4.97. The molecule has 4 nitrogen and oxygen atoms in total. The van der Waals surface area contributed by atoms with Gasteiger partial charge in [-0.15, -0.1) is 11.3 Å². The van der Waals surface area contributed by atoms with Crippen LogP contribution in [-0.4, -0.2) is 26.4 Å². The zero-order chi connectivity index (χ0) is 15.6. The quantitative estimate of drug-likeness (QED) is 0.740. The van der Waals surface area contributed by atoms with Crippen LogP contribution >= 0.6 is 11.3 Å². The topological polar surface area (TPSA) is 41.9 Å². The van der Waals surface area contributed by atoms with Gasteiger partial charge in [-0.1, -0.05) is 12.1 Å². The fraction of sp³-hybridized carbons (Fsp3) is 0.278. The molecule has 4 rings (SSSR count). The molecule has 3 aromatic heterocycles. The average Bonchev–Trinajstić information content (AvgIpc) is 3.10. The molecule has 23 heavy (non-hydrogen) atoms. The summed E-state index contributed by atoms with van der Waals surface area (Å²) in [7, 11) is 0. The van der Waals surface area contributed by atoms with E-state index in [9.17, 15) is 0 Å². The van der Waals surface area contributed by atoms with Gasteiger partial charge in [0.1, 0.15) is 5.82 Å². The summed E-state index contributed by atoms with van der Waals surface area (Å²) < 4.78 is 0. The second-order valence-electron chi connectivity index (χ2n) is 5.88. The van der Waals surface area contributed by atoms with E-state index in [1.807, 2.05) is 19.3 Å². The van der Waals surface area contributed by atoms with Gasteiger partial charge < -0.3 is 0 Å². The molecular weight excluding hydrogens is 304 g/mol. The Kier molecular flexibility index (Phi) is 3.89. The van der Waals surface area contributed by atoms with Crippen LogP contribution in [0, 0.1) is 6.92 Å². The van der Waals surface area contributed by atoms with Crippen molar-refractivity contribution in [3.8, 4) is 10.6 Å². The Labute approximate surface area is 139 Å². The highest BCUT2D eigenvalue weighted by Gasteiger charge is 2.18. The van der Waals surface area contributed by atoms with Crippen molar-refractivity contribution in [2.75, 3.05) is 6.54 Å². The Hall–Kier alpha value is -2.11. The summed E-state index contributed by atoms with van der Waals surface area (Å²) in [5.74, 6) is 0.866. The summed E-state index contributed by atoms with van der Waals surface area (Å²) in [5.41, 5.74) is 4.77. The monoisotopic (exact) mass is 322 g/mol. The van der Waals surface area contributed by atoms with Crippen molar-refractivity contribution in [1.29, 1.82) is 0 Å². The van der Waals surface area contributed by atoms with Gasteiger partial charge in [0.05, 0.1) is 10.6 Å². The number of thiophene rings is 1. The molecule has 0 radical (unpaired) electrons. The zero-order valence-electron chi connectivity index (χ0n) is 13.1. The number of aromatic nitrogens is 3. The van der Waals surface area contributed by atoms with Gasteiger partial charge in [0.15, 0.2) is 0 Å². The molecule has 1 aliphatic rings. The van der Waals surface area contributed by atoms with E-state index >= 15 is 0 Å². The van der Waals surface area contributed by atoms with Crippen LogP contribution in [0.5, 0.6) is 0 Å². The molecule has 0 fully saturated rings. The largest absolute Gasteiger partial charge is 0.294 e. The molecule has 0 saturated heterocycles. The lowest BCUT2D eigenvalue weighted by molar-refractivity contribution is 0.242. The van der Waals surface area contributed by atoms with Gasteiger partial charge >= 0.3 is 0 Å². The zero-order valence-corrected chi connectivity index (χ0v) is 13.9. The molecule has 116 valence electrons. The van der Waals surface area contributed by atoms with E-state index < -0.39 is 0 Å². The first-order valence-corrected chi connectivity index (χ1v) is 8.68. The molecular formula is C18H18N4S. The Bertz CT molecular complexity index is 796. The fourth-order valence-electron chi connectivity index (χ4n) is 2.96. The van der Waals surface area contributed by atoms with E-state index in [4.69, 9.17) is 0 Å². The summed E-state index contributed by atoms with van der Waals surface area (Å²) in [6, 6.07) is 8.47. The molecule has 0 aliphatic carbocycles. The minimum absolute atomic E-state index is 0.866. The van der Waals surface area contributed by atoms with E-state index in [2.05, 4.69) is 49.5 Å².